The molecular weight excluding hydrogens is 684 g/mol. The molecule has 0 amide bonds. The smallest absolute Gasteiger partial charge is 0.310 e. The summed E-state index contributed by atoms with van der Waals surface area (Å²) in [5.74, 6) is -0.194. The number of ether oxygens (including phenoxy) is 4. The Kier molecular flexibility index (Phi) is 10.2. The second-order valence-electron chi connectivity index (χ2n) is 20.0. The Morgan fingerprint density at radius 1 is 0.830 bits per heavy atom. The summed E-state index contributed by atoms with van der Waals surface area (Å²) >= 11 is 0. The van der Waals surface area contributed by atoms with E-state index in [0.717, 1.165) is 51.4 Å². The number of carbonyl (C=O) groups is 1. The van der Waals surface area contributed by atoms with E-state index in [2.05, 4.69) is 47.6 Å². The third-order valence-electron chi connectivity index (χ3n) is 17.0. The van der Waals surface area contributed by atoms with Crippen LogP contribution in [-0.2, 0) is 23.7 Å². The van der Waals surface area contributed by atoms with Crippen LogP contribution in [0, 0.1) is 50.2 Å². The maximum Gasteiger partial charge on any atom is 0.310 e. The van der Waals surface area contributed by atoms with Gasteiger partial charge in [0.2, 0.25) is 0 Å². The summed E-state index contributed by atoms with van der Waals surface area (Å²) in [6, 6.07) is 0. The summed E-state index contributed by atoms with van der Waals surface area (Å²) in [6.07, 6.45) is -1.79. The van der Waals surface area contributed by atoms with Gasteiger partial charge >= 0.3 is 5.97 Å². The molecule has 0 aromatic heterocycles. The Hall–Kier alpha value is -1.19. The molecule has 2 aliphatic heterocycles. The molecule has 0 unspecified atom stereocenters. The van der Waals surface area contributed by atoms with Crippen LogP contribution in [0.3, 0.4) is 0 Å². The number of allylic oxidation sites excluding steroid dienone is 2. The third kappa shape index (κ3) is 5.85. The lowest BCUT2D eigenvalue weighted by atomic mass is 9.33. The molecular formula is C41H66O12. The Labute approximate surface area is 314 Å². The number of aliphatic carboxylic acids is 1. The number of rotatable bonds is 6. The molecule has 6 fully saturated rings. The fourth-order valence-corrected chi connectivity index (χ4v) is 13.3. The molecule has 18 atom stereocenters. The van der Waals surface area contributed by atoms with E-state index in [9.17, 15) is 40.5 Å². The van der Waals surface area contributed by atoms with Crippen LogP contribution >= 0.6 is 0 Å². The molecule has 0 aromatic rings. The lowest BCUT2D eigenvalue weighted by Gasteiger charge is -2.71. The van der Waals surface area contributed by atoms with E-state index in [4.69, 9.17) is 18.9 Å². The van der Waals surface area contributed by atoms with E-state index in [0.29, 0.717) is 18.8 Å². The van der Waals surface area contributed by atoms with Crippen molar-refractivity contribution in [2.75, 3.05) is 13.2 Å². The monoisotopic (exact) mass is 750 g/mol. The summed E-state index contributed by atoms with van der Waals surface area (Å²) in [6.45, 7) is 15.1. The fraction of sp³-hybridized carbons (Fsp3) is 0.927. The standard InChI is InChI=1S/C41H66O12/c1-21-28(44)30(46)31(47)33(51-21)53-32-29(45)24(43)19-50-34(32)52-27-11-12-37(4)25(38(27,5)20-42)10-13-40(7)26(37)9-8-22-23-18-36(2,3)14-16-41(23,35(48)49)17-15-39(22,40)6/h8,21,23-34,42-47H,9-20H2,1-7H3,(H,48,49)/t21-,23-,24-,25+,26+,27-,28-,29-,30+,31+,32+,33+,34-,37+,38-,39+,40-,41+/m0/s1. The van der Waals surface area contributed by atoms with Gasteiger partial charge in [0.25, 0.3) is 0 Å². The summed E-state index contributed by atoms with van der Waals surface area (Å²) in [5.41, 5.74) is -0.239. The SMILES string of the molecule is C[C@@H]1O[C@H](O[C@H]2[C@H](O[C@H]3CC[C@]4(C)[C@@H](CC[C@@]5(C)[C@@H]4CC=C4[C@@H]6CC(C)(C)CC[C@@]6(C(=O)O)CC[C@]45C)[C@]3(C)CO)OC[C@H](O)[C@@H]2O)[C@H](O)[C@H](O)[C@H]1O. The fourth-order valence-electron chi connectivity index (χ4n) is 13.3. The quantitative estimate of drug-likeness (QED) is 0.155. The first kappa shape index (κ1) is 40.0. The van der Waals surface area contributed by atoms with Crippen LogP contribution in [0.2, 0.25) is 0 Å². The zero-order valence-corrected chi connectivity index (χ0v) is 32.7. The predicted molar refractivity (Wildman–Crippen MR) is 192 cm³/mol. The van der Waals surface area contributed by atoms with E-state index in [-0.39, 0.29) is 46.7 Å². The maximum absolute atomic E-state index is 13.0. The Morgan fingerprint density at radius 2 is 1.53 bits per heavy atom. The summed E-state index contributed by atoms with van der Waals surface area (Å²) in [5, 5.41) is 74.9. The molecule has 0 aromatic carbocycles. The number of fused-ring (bicyclic) bond motifs is 7. The topological polar surface area (TPSA) is 196 Å². The van der Waals surface area contributed by atoms with Crippen molar-refractivity contribution in [3.63, 3.8) is 0 Å². The first-order chi connectivity index (χ1) is 24.7. The minimum absolute atomic E-state index is 0.0360. The van der Waals surface area contributed by atoms with Crippen LogP contribution in [-0.4, -0.2) is 116 Å². The van der Waals surface area contributed by atoms with E-state index in [1.165, 1.54) is 12.5 Å². The van der Waals surface area contributed by atoms with Crippen molar-refractivity contribution in [3.05, 3.63) is 11.6 Å². The van der Waals surface area contributed by atoms with Gasteiger partial charge in [0.15, 0.2) is 12.6 Å². The average molecular weight is 751 g/mol. The zero-order valence-electron chi connectivity index (χ0n) is 32.7. The second-order valence-corrected chi connectivity index (χ2v) is 20.0. The summed E-state index contributed by atoms with van der Waals surface area (Å²) in [7, 11) is 0. The van der Waals surface area contributed by atoms with E-state index < -0.39 is 78.2 Å². The van der Waals surface area contributed by atoms with Gasteiger partial charge < -0.3 is 54.7 Å². The minimum atomic E-state index is -1.62. The van der Waals surface area contributed by atoms with Crippen molar-refractivity contribution in [3.8, 4) is 0 Å². The molecule has 5 aliphatic carbocycles. The van der Waals surface area contributed by atoms with Crippen molar-refractivity contribution in [1.82, 2.24) is 0 Å². The number of aliphatic hydroxyl groups is 6. The van der Waals surface area contributed by atoms with Gasteiger partial charge in [-0.2, -0.15) is 0 Å². The zero-order chi connectivity index (χ0) is 38.7. The summed E-state index contributed by atoms with van der Waals surface area (Å²) < 4.78 is 24.3. The average Bonchev–Trinajstić information content (AvgIpc) is 3.10. The number of carboxylic acid groups (broad SMARTS) is 1. The molecule has 53 heavy (non-hydrogen) atoms. The van der Waals surface area contributed by atoms with Gasteiger partial charge in [0, 0.05) is 5.41 Å². The Morgan fingerprint density at radius 3 is 2.21 bits per heavy atom. The first-order valence-corrected chi connectivity index (χ1v) is 20.2. The van der Waals surface area contributed by atoms with Crippen molar-refractivity contribution >= 4 is 5.97 Å². The molecule has 7 aliphatic rings. The van der Waals surface area contributed by atoms with Crippen molar-refractivity contribution in [1.29, 1.82) is 0 Å². The second kappa shape index (κ2) is 13.5. The molecule has 2 saturated heterocycles. The summed E-state index contributed by atoms with van der Waals surface area (Å²) in [4.78, 5) is 13.0. The predicted octanol–water partition coefficient (Wildman–Crippen LogP) is 3.52. The van der Waals surface area contributed by atoms with Crippen molar-refractivity contribution < 1.29 is 59.5 Å². The van der Waals surface area contributed by atoms with Crippen LogP contribution in [0.1, 0.15) is 113 Å². The molecule has 12 heteroatoms. The lowest BCUT2D eigenvalue weighted by molar-refractivity contribution is -0.365. The highest BCUT2D eigenvalue weighted by Gasteiger charge is 2.70. The highest BCUT2D eigenvalue weighted by molar-refractivity contribution is 5.76. The van der Waals surface area contributed by atoms with Gasteiger partial charge in [0.1, 0.15) is 36.6 Å². The van der Waals surface area contributed by atoms with Gasteiger partial charge in [0.05, 0.1) is 30.8 Å². The minimum Gasteiger partial charge on any atom is -0.481 e. The van der Waals surface area contributed by atoms with Gasteiger partial charge in [-0.3, -0.25) is 4.79 Å². The molecule has 0 radical (unpaired) electrons. The number of hydrogen-bond acceptors (Lipinski definition) is 11. The van der Waals surface area contributed by atoms with Crippen molar-refractivity contribution in [2.24, 2.45) is 50.2 Å². The molecule has 0 spiro atoms. The van der Waals surface area contributed by atoms with Gasteiger partial charge in [-0.15, -0.1) is 0 Å². The maximum atomic E-state index is 13.0. The first-order valence-electron chi connectivity index (χ1n) is 20.2. The molecule has 4 saturated carbocycles. The normalized spacial score (nSPS) is 55.1. The highest BCUT2D eigenvalue weighted by atomic mass is 16.8. The van der Waals surface area contributed by atoms with Crippen LogP contribution in [0.15, 0.2) is 11.6 Å². The molecule has 2 heterocycles. The van der Waals surface area contributed by atoms with Crippen LogP contribution < -0.4 is 0 Å². The number of carboxylic acids is 1. The van der Waals surface area contributed by atoms with Gasteiger partial charge in [-0.05, 0) is 111 Å². The van der Waals surface area contributed by atoms with Crippen molar-refractivity contribution in [2.45, 2.75) is 174 Å². The number of aliphatic hydroxyl groups excluding tert-OH is 6. The molecule has 302 valence electrons. The Balaban J connectivity index is 1.15. The molecule has 7 N–H and O–H groups in total. The van der Waals surface area contributed by atoms with Gasteiger partial charge in [-0.25, -0.2) is 0 Å². The lowest BCUT2D eigenvalue weighted by Crippen LogP contribution is -2.67. The molecule has 7 rings (SSSR count). The molecule has 0 bridgehead atoms. The van der Waals surface area contributed by atoms with Crippen LogP contribution in [0.25, 0.3) is 0 Å². The van der Waals surface area contributed by atoms with E-state index >= 15 is 0 Å². The van der Waals surface area contributed by atoms with Crippen LogP contribution in [0.5, 0.6) is 0 Å². The third-order valence-corrected chi connectivity index (χ3v) is 17.0. The van der Waals surface area contributed by atoms with Gasteiger partial charge in [-0.1, -0.05) is 53.2 Å². The largest absolute Gasteiger partial charge is 0.481 e. The highest BCUT2D eigenvalue weighted by Crippen LogP contribution is 2.76. The number of hydrogen-bond donors (Lipinski definition) is 7. The molecule has 12 nitrogen and oxygen atoms in total. The van der Waals surface area contributed by atoms with Crippen LogP contribution in [0.4, 0.5) is 0 Å². The van der Waals surface area contributed by atoms with E-state index in [1.807, 2.05) is 0 Å². The Bertz CT molecular complexity index is 1440. The van der Waals surface area contributed by atoms with E-state index in [1.54, 1.807) is 0 Å².